The average Bonchev–Trinajstić information content (AvgIpc) is 2.32. The largest absolute Gasteiger partial charge is 0.360 e. The summed E-state index contributed by atoms with van der Waals surface area (Å²) in [6.07, 6.45) is 3.35. The monoisotopic (exact) mass is 253 g/mol. The topological polar surface area (TPSA) is 28.2 Å². The van der Waals surface area contributed by atoms with Crippen molar-refractivity contribution < 1.29 is 0 Å². The molecule has 0 fully saturated rings. The molecule has 0 unspecified atom stereocenters. The number of aromatic nitrogens is 1. The first-order valence-electron chi connectivity index (χ1n) is 6.00. The molecule has 1 N–H and O–H groups in total. The molecule has 96 valence electrons. The SMILES string of the molecule is CNCc1ccc(N(C)CCCSC)nc1C. The fourth-order valence-electron chi connectivity index (χ4n) is 1.73. The molecule has 0 aromatic carbocycles. The Kier molecular flexibility index (Phi) is 6.37. The fourth-order valence-corrected chi connectivity index (χ4v) is 2.14. The Morgan fingerprint density at radius 1 is 1.41 bits per heavy atom. The van der Waals surface area contributed by atoms with Crippen molar-refractivity contribution in [3.05, 3.63) is 23.4 Å². The molecule has 1 aromatic heterocycles. The summed E-state index contributed by atoms with van der Waals surface area (Å²) < 4.78 is 0. The van der Waals surface area contributed by atoms with Gasteiger partial charge in [-0.1, -0.05) is 6.07 Å². The van der Waals surface area contributed by atoms with Crippen molar-refractivity contribution in [1.82, 2.24) is 10.3 Å². The summed E-state index contributed by atoms with van der Waals surface area (Å²) in [6, 6.07) is 4.28. The van der Waals surface area contributed by atoms with Crippen LogP contribution in [0.5, 0.6) is 0 Å². The minimum atomic E-state index is 0.884. The molecule has 0 saturated carbocycles. The van der Waals surface area contributed by atoms with Crippen molar-refractivity contribution >= 4 is 17.6 Å². The predicted octanol–water partition coefficient (Wildman–Crippen LogP) is 2.30. The molecule has 0 aliphatic heterocycles. The minimum absolute atomic E-state index is 0.884. The van der Waals surface area contributed by atoms with E-state index in [0.717, 1.165) is 24.6 Å². The van der Waals surface area contributed by atoms with Gasteiger partial charge in [0.15, 0.2) is 0 Å². The van der Waals surface area contributed by atoms with Crippen LogP contribution in [0.25, 0.3) is 0 Å². The number of anilines is 1. The Balaban J connectivity index is 2.62. The predicted molar refractivity (Wildman–Crippen MR) is 78.0 cm³/mol. The molecule has 1 rings (SSSR count). The normalized spacial score (nSPS) is 10.6. The minimum Gasteiger partial charge on any atom is -0.360 e. The smallest absolute Gasteiger partial charge is 0.128 e. The Labute approximate surface area is 109 Å². The molecule has 0 amide bonds. The maximum atomic E-state index is 4.65. The highest BCUT2D eigenvalue weighted by atomic mass is 32.2. The molecule has 0 aliphatic rings. The van der Waals surface area contributed by atoms with Gasteiger partial charge >= 0.3 is 0 Å². The van der Waals surface area contributed by atoms with Crippen LogP contribution in [-0.2, 0) is 6.54 Å². The molecule has 0 bridgehead atoms. The van der Waals surface area contributed by atoms with Gasteiger partial charge in [-0.25, -0.2) is 4.98 Å². The maximum Gasteiger partial charge on any atom is 0.128 e. The Hall–Kier alpha value is -0.740. The van der Waals surface area contributed by atoms with Crippen LogP contribution in [0.15, 0.2) is 12.1 Å². The Bertz CT molecular complexity index is 341. The van der Waals surface area contributed by atoms with Crippen molar-refractivity contribution in [3.63, 3.8) is 0 Å². The van der Waals surface area contributed by atoms with Crippen molar-refractivity contribution in [2.45, 2.75) is 19.9 Å². The van der Waals surface area contributed by atoms with E-state index in [1.807, 2.05) is 18.8 Å². The molecular weight excluding hydrogens is 230 g/mol. The number of thioether (sulfide) groups is 1. The van der Waals surface area contributed by atoms with E-state index in [9.17, 15) is 0 Å². The highest BCUT2D eigenvalue weighted by Gasteiger charge is 2.05. The van der Waals surface area contributed by atoms with Gasteiger partial charge in [0.05, 0.1) is 0 Å². The van der Waals surface area contributed by atoms with Gasteiger partial charge in [-0.05, 0) is 44.0 Å². The molecule has 17 heavy (non-hydrogen) atoms. The molecule has 1 aromatic rings. The first-order valence-corrected chi connectivity index (χ1v) is 7.39. The number of nitrogens with one attached hydrogen (secondary N) is 1. The van der Waals surface area contributed by atoms with E-state index < -0.39 is 0 Å². The van der Waals surface area contributed by atoms with Gasteiger partial charge in [0.1, 0.15) is 5.82 Å². The zero-order valence-corrected chi connectivity index (χ0v) is 12.1. The van der Waals surface area contributed by atoms with E-state index in [1.165, 1.54) is 17.7 Å². The van der Waals surface area contributed by atoms with Crippen LogP contribution >= 0.6 is 11.8 Å². The van der Waals surface area contributed by atoms with Crippen LogP contribution < -0.4 is 10.2 Å². The van der Waals surface area contributed by atoms with E-state index in [2.05, 4.69) is 47.6 Å². The van der Waals surface area contributed by atoms with Crippen molar-refractivity contribution in [2.24, 2.45) is 0 Å². The van der Waals surface area contributed by atoms with Crippen LogP contribution in [0.3, 0.4) is 0 Å². The van der Waals surface area contributed by atoms with E-state index in [-0.39, 0.29) is 0 Å². The number of nitrogens with zero attached hydrogens (tertiary/aromatic N) is 2. The van der Waals surface area contributed by atoms with Crippen molar-refractivity contribution in [2.75, 3.05) is 37.5 Å². The summed E-state index contributed by atoms with van der Waals surface area (Å²) >= 11 is 1.90. The zero-order valence-electron chi connectivity index (χ0n) is 11.3. The lowest BCUT2D eigenvalue weighted by atomic mass is 10.2. The van der Waals surface area contributed by atoms with Gasteiger partial charge in [-0.2, -0.15) is 11.8 Å². The number of rotatable bonds is 7. The maximum absolute atomic E-state index is 4.65. The second kappa shape index (κ2) is 7.56. The number of aryl methyl sites for hydroxylation is 1. The quantitative estimate of drug-likeness (QED) is 0.755. The zero-order chi connectivity index (χ0) is 12.7. The number of hydrogen-bond acceptors (Lipinski definition) is 4. The summed E-state index contributed by atoms with van der Waals surface area (Å²) in [6.45, 7) is 4.03. The molecule has 0 spiro atoms. The Morgan fingerprint density at radius 3 is 2.76 bits per heavy atom. The van der Waals surface area contributed by atoms with E-state index in [0.29, 0.717) is 0 Å². The molecule has 4 heteroatoms. The van der Waals surface area contributed by atoms with Crippen molar-refractivity contribution in [1.29, 1.82) is 0 Å². The van der Waals surface area contributed by atoms with Gasteiger partial charge in [-0.3, -0.25) is 0 Å². The third-order valence-corrected chi connectivity index (χ3v) is 3.48. The summed E-state index contributed by atoms with van der Waals surface area (Å²) in [4.78, 5) is 6.88. The van der Waals surface area contributed by atoms with E-state index in [4.69, 9.17) is 0 Å². The van der Waals surface area contributed by atoms with Crippen LogP contribution in [0.4, 0.5) is 5.82 Å². The molecule has 0 atom stereocenters. The lowest BCUT2D eigenvalue weighted by molar-refractivity contribution is 0.797. The van der Waals surface area contributed by atoms with Crippen LogP contribution in [-0.4, -0.2) is 37.6 Å². The second-order valence-corrected chi connectivity index (χ2v) is 5.20. The molecule has 0 saturated heterocycles. The summed E-state index contributed by atoms with van der Waals surface area (Å²) in [7, 11) is 4.07. The lowest BCUT2D eigenvalue weighted by Crippen LogP contribution is -2.21. The first kappa shape index (κ1) is 14.3. The molecule has 3 nitrogen and oxygen atoms in total. The Morgan fingerprint density at radius 2 is 2.18 bits per heavy atom. The third kappa shape index (κ3) is 4.56. The molecule has 1 heterocycles. The van der Waals surface area contributed by atoms with Gasteiger partial charge in [0.25, 0.3) is 0 Å². The average molecular weight is 253 g/mol. The second-order valence-electron chi connectivity index (χ2n) is 4.21. The highest BCUT2D eigenvalue weighted by Crippen LogP contribution is 2.14. The van der Waals surface area contributed by atoms with Gasteiger partial charge < -0.3 is 10.2 Å². The lowest BCUT2D eigenvalue weighted by Gasteiger charge is -2.19. The fraction of sp³-hybridized carbons (Fsp3) is 0.615. The molecular formula is C13H23N3S. The van der Waals surface area contributed by atoms with Gasteiger partial charge in [-0.15, -0.1) is 0 Å². The molecule has 0 aliphatic carbocycles. The third-order valence-electron chi connectivity index (χ3n) is 2.78. The highest BCUT2D eigenvalue weighted by molar-refractivity contribution is 7.98. The van der Waals surface area contributed by atoms with E-state index >= 15 is 0 Å². The number of hydrogen-bond donors (Lipinski definition) is 1. The first-order chi connectivity index (χ1) is 8.19. The summed E-state index contributed by atoms with van der Waals surface area (Å²) in [5.74, 6) is 2.28. The van der Waals surface area contributed by atoms with Crippen LogP contribution in [0.2, 0.25) is 0 Å². The number of pyridine rings is 1. The standard InChI is InChI=1S/C13H23N3S/c1-11-12(10-14-2)6-7-13(15-11)16(3)8-5-9-17-4/h6-7,14H,5,8-10H2,1-4H3. The summed E-state index contributed by atoms with van der Waals surface area (Å²) in [5, 5.41) is 3.16. The van der Waals surface area contributed by atoms with E-state index in [1.54, 1.807) is 0 Å². The molecule has 0 radical (unpaired) electrons. The van der Waals surface area contributed by atoms with Crippen LogP contribution in [0, 0.1) is 6.92 Å². The van der Waals surface area contributed by atoms with Crippen molar-refractivity contribution in [3.8, 4) is 0 Å². The summed E-state index contributed by atoms with van der Waals surface area (Å²) in [5.41, 5.74) is 2.39. The van der Waals surface area contributed by atoms with Gasteiger partial charge in [0.2, 0.25) is 0 Å². The van der Waals surface area contributed by atoms with Gasteiger partial charge in [0, 0.05) is 25.8 Å². The van der Waals surface area contributed by atoms with Crippen LogP contribution in [0.1, 0.15) is 17.7 Å².